The fraction of sp³-hybridized carbons (Fsp3) is 0.769. The van der Waals surface area contributed by atoms with E-state index in [1.165, 1.54) is 12.8 Å². The molecule has 1 fully saturated rings. The second-order valence-corrected chi connectivity index (χ2v) is 4.72. The molecule has 7 nitrogen and oxygen atoms in total. The van der Waals surface area contributed by atoms with E-state index in [1.807, 2.05) is 6.92 Å². The van der Waals surface area contributed by atoms with E-state index in [2.05, 4.69) is 25.2 Å². The maximum atomic E-state index is 5.61. The van der Waals surface area contributed by atoms with Gasteiger partial charge in [0.25, 0.3) is 0 Å². The zero-order valence-corrected chi connectivity index (χ0v) is 12.3. The molecule has 20 heavy (non-hydrogen) atoms. The van der Waals surface area contributed by atoms with Gasteiger partial charge in [0.2, 0.25) is 5.95 Å². The Morgan fingerprint density at radius 1 is 1.05 bits per heavy atom. The molecule has 1 aliphatic heterocycles. The van der Waals surface area contributed by atoms with Crippen molar-refractivity contribution in [3.05, 3.63) is 0 Å². The smallest absolute Gasteiger partial charge is 0.324 e. The lowest BCUT2D eigenvalue weighted by molar-refractivity contribution is 0.219. The Bertz CT molecular complexity index is 410. The zero-order valence-electron chi connectivity index (χ0n) is 12.3. The number of nitrogens with one attached hydrogen (secondary N) is 1. The molecule has 7 heteroatoms. The fourth-order valence-electron chi connectivity index (χ4n) is 2.04. The van der Waals surface area contributed by atoms with Crippen LogP contribution in [0.5, 0.6) is 12.0 Å². The first-order valence-corrected chi connectivity index (χ1v) is 7.23. The van der Waals surface area contributed by atoms with Crippen LogP contribution in [0.2, 0.25) is 0 Å². The molecule has 0 saturated carbocycles. The molecule has 0 spiro atoms. The van der Waals surface area contributed by atoms with E-state index in [9.17, 15) is 0 Å². The summed E-state index contributed by atoms with van der Waals surface area (Å²) in [6, 6.07) is 0.622. The Hall–Kier alpha value is -1.63. The van der Waals surface area contributed by atoms with Crippen LogP contribution in [0.1, 0.15) is 26.2 Å². The quantitative estimate of drug-likeness (QED) is 0.767. The lowest BCUT2D eigenvalue weighted by atomic mass is 10.4. The fourth-order valence-corrected chi connectivity index (χ4v) is 2.04. The number of anilines is 1. The van der Waals surface area contributed by atoms with Gasteiger partial charge in [0, 0.05) is 13.6 Å². The molecule has 0 unspecified atom stereocenters. The first-order chi connectivity index (χ1) is 9.81. The average molecular weight is 281 g/mol. The molecule has 0 atom stereocenters. The second kappa shape index (κ2) is 7.84. The molecule has 1 aromatic heterocycles. The van der Waals surface area contributed by atoms with Crippen LogP contribution in [0.3, 0.4) is 0 Å². The molecular formula is C13H23N5O2. The number of hydrogen-bond donors (Lipinski definition) is 1. The molecule has 0 aromatic carbocycles. The maximum absolute atomic E-state index is 5.61. The summed E-state index contributed by atoms with van der Waals surface area (Å²) in [4.78, 5) is 14.8. The van der Waals surface area contributed by atoms with E-state index < -0.39 is 0 Å². The molecule has 2 heterocycles. The number of likely N-dealkylation sites (tertiary alicyclic amines) is 1. The molecule has 1 aromatic rings. The van der Waals surface area contributed by atoms with Crippen molar-refractivity contribution in [2.24, 2.45) is 0 Å². The van der Waals surface area contributed by atoms with Crippen LogP contribution in [0.15, 0.2) is 0 Å². The third-order valence-electron chi connectivity index (χ3n) is 3.09. The van der Waals surface area contributed by atoms with E-state index in [0.717, 1.165) is 26.1 Å². The standard InChI is InChI=1S/C13H23N5O2/c1-3-9-19-12-15-11(14-2)16-13(17-12)20-10-8-18-6-4-5-7-18/h3-10H2,1-2H3,(H,14,15,16,17). The van der Waals surface area contributed by atoms with Gasteiger partial charge in [-0.3, -0.25) is 4.90 Å². The summed E-state index contributed by atoms with van der Waals surface area (Å²) in [5.74, 6) is 0.460. The minimum Gasteiger partial charge on any atom is -0.463 e. The van der Waals surface area contributed by atoms with Gasteiger partial charge in [0.05, 0.1) is 6.61 Å². The van der Waals surface area contributed by atoms with Gasteiger partial charge >= 0.3 is 12.0 Å². The van der Waals surface area contributed by atoms with Crippen molar-refractivity contribution in [3.8, 4) is 12.0 Å². The summed E-state index contributed by atoms with van der Waals surface area (Å²) in [5, 5.41) is 2.88. The lowest BCUT2D eigenvalue weighted by Crippen LogP contribution is -2.25. The van der Waals surface area contributed by atoms with Gasteiger partial charge in [0.15, 0.2) is 0 Å². The SMILES string of the molecule is CCCOc1nc(NC)nc(OCCN2CCCC2)n1. The van der Waals surface area contributed by atoms with Crippen LogP contribution >= 0.6 is 0 Å². The molecule has 1 N–H and O–H groups in total. The highest BCUT2D eigenvalue weighted by Crippen LogP contribution is 2.13. The van der Waals surface area contributed by atoms with E-state index in [-0.39, 0.29) is 0 Å². The third-order valence-corrected chi connectivity index (χ3v) is 3.09. The van der Waals surface area contributed by atoms with Crippen LogP contribution in [0, 0.1) is 0 Å². The van der Waals surface area contributed by atoms with Gasteiger partial charge in [-0.15, -0.1) is 4.98 Å². The molecule has 1 aliphatic rings. The van der Waals surface area contributed by atoms with Crippen LogP contribution in [0.25, 0.3) is 0 Å². The summed E-state index contributed by atoms with van der Waals surface area (Å²) >= 11 is 0. The number of aromatic nitrogens is 3. The highest BCUT2D eigenvalue weighted by molar-refractivity contribution is 5.26. The van der Waals surface area contributed by atoms with Crippen LogP contribution in [-0.4, -0.2) is 59.7 Å². The largest absolute Gasteiger partial charge is 0.463 e. The van der Waals surface area contributed by atoms with Crippen molar-refractivity contribution >= 4 is 5.95 Å². The number of ether oxygens (including phenoxy) is 2. The monoisotopic (exact) mass is 281 g/mol. The molecular weight excluding hydrogens is 258 g/mol. The summed E-state index contributed by atoms with van der Waals surface area (Å²) < 4.78 is 11.0. The van der Waals surface area contributed by atoms with Crippen molar-refractivity contribution in [2.45, 2.75) is 26.2 Å². The van der Waals surface area contributed by atoms with Gasteiger partial charge in [-0.2, -0.15) is 9.97 Å². The summed E-state index contributed by atoms with van der Waals surface area (Å²) in [6.07, 6.45) is 3.47. The van der Waals surface area contributed by atoms with Crippen molar-refractivity contribution in [1.82, 2.24) is 19.9 Å². The average Bonchev–Trinajstić information content (AvgIpc) is 2.98. The van der Waals surface area contributed by atoms with Gasteiger partial charge in [-0.1, -0.05) is 6.92 Å². The minimum atomic E-state index is 0.308. The Morgan fingerprint density at radius 3 is 2.30 bits per heavy atom. The van der Waals surface area contributed by atoms with Crippen LogP contribution in [0.4, 0.5) is 5.95 Å². The normalized spacial score (nSPS) is 15.3. The molecule has 0 aliphatic carbocycles. The molecule has 112 valence electrons. The van der Waals surface area contributed by atoms with E-state index >= 15 is 0 Å². The first-order valence-electron chi connectivity index (χ1n) is 7.23. The molecule has 0 radical (unpaired) electrons. The summed E-state index contributed by atoms with van der Waals surface area (Å²) in [7, 11) is 1.76. The van der Waals surface area contributed by atoms with E-state index in [0.29, 0.717) is 31.2 Å². The number of nitrogens with zero attached hydrogens (tertiary/aromatic N) is 4. The minimum absolute atomic E-state index is 0.308. The summed E-state index contributed by atoms with van der Waals surface area (Å²) in [5.41, 5.74) is 0. The zero-order chi connectivity index (χ0) is 14.2. The van der Waals surface area contributed by atoms with Gasteiger partial charge in [0.1, 0.15) is 6.61 Å². The molecule has 0 amide bonds. The van der Waals surface area contributed by atoms with Gasteiger partial charge < -0.3 is 14.8 Å². The lowest BCUT2D eigenvalue weighted by Gasteiger charge is -2.14. The summed E-state index contributed by atoms with van der Waals surface area (Å²) in [6.45, 7) is 6.43. The highest BCUT2D eigenvalue weighted by Gasteiger charge is 2.12. The third kappa shape index (κ3) is 4.48. The number of rotatable bonds is 8. The maximum Gasteiger partial charge on any atom is 0.324 e. The Labute approximate surface area is 119 Å². The topological polar surface area (TPSA) is 72.4 Å². The van der Waals surface area contributed by atoms with E-state index in [1.54, 1.807) is 7.05 Å². The molecule has 1 saturated heterocycles. The van der Waals surface area contributed by atoms with Crippen molar-refractivity contribution in [2.75, 3.05) is 45.2 Å². The van der Waals surface area contributed by atoms with Crippen molar-refractivity contribution < 1.29 is 9.47 Å². The Morgan fingerprint density at radius 2 is 1.70 bits per heavy atom. The van der Waals surface area contributed by atoms with Crippen molar-refractivity contribution in [1.29, 1.82) is 0 Å². The van der Waals surface area contributed by atoms with Gasteiger partial charge in [-0.05, 0) is 32.4 Å². The Balaban J connectivity index is 1.87. The number of hydrogen-bond acceptors (Lipinski definition) is 7. The van der Waals surface area contributed by atoms with Gasteiger partial charge in [-0.25, -0.2) is 0 Å². The first kappa shape index (κ1) is 14.8. The molecule has 2 rings (SSSR count). The predicted octanol–water partition coefficient (Wildman–Crippen LogP) is 1.18. The van der Waals surface area contributed by atoms with Crippen molar-refractivity contribution in [3.63, 3.8) is 0 Å². The highest BCUT2D eigenvalue weighted by atomic mass is 16.5. The van der Waals surface area contributed by atoms with Crippen LogP contribution < -0.4 is 14.8 Å². The van der Waals surface area contributed by atoms with Crippen LogP contribution in [-0.2, 0) is 0 Å². The van der Waals surface area contributed by atoms with E-state index in [4.69, 9.17) is 9.47 Å². The second-order valence-electron chi connectivity index (χ2n) is 4.72. The predicted molar refractivity (Wildman–Crippen MR) is 76.3 cm³/mol. The molecule has 0 bridgehead atoms. The Kier molecular flexibility index (Phi) is 5.79.